The molecule has 0 aliphatic rings. The molecule has 1 atom stereocenters. The van der Waals surface area contributed by atoms with Gasteiger partial charge in [-0.15, -0.1) is 4.89 Å². The Bertz CT molecular complexity index is 482. The predicted octanol–water partition coefficient (Wildman–Crippen LogP) is 5.48. The van der Waals surface area contributed by atoms with Crippen molar-refractivity contribution >= 4 is 21.8 Å². The summed E-state index contributed by atoms with van der Waals surface area (Å²) in [5.41, 5.74) is 0. The summed E-state index contributed by atoms with van der Waals surface area (Å²) in [6.45, 7) is 4.21. The number of carbonyl (C=O) groups excluding carboxylic acids is 1. The second kappa shape index (κ2) is 18.9. The molecule has 0 spiro atoms. The van der Waals surface area contributed by atoms with Gasteiger partial charge in [0.15, 0.2) is 5.16 Å². The zero-order valence-electron chi connectivity index (χ0n) is 17.7. The molecular weight excluding hydrogens is 454 g/mol. The van der Waals surface area contributed by atoms with E-state index in [4.69, 9.17) is 8.22 Å². The van der Waals surface area contributed by atoms with Gasteiger partial charge < -0.3 is 9.79 Å². The molecule has 0 bridgehead atoms. The van der Waals surface area contributed by atoms with Gasteiger partial charge in [0, 0.05) is 4.57 Å². The molecule has 0 heterocycles. The Morgan fingerprint density at radius 1 is 0.862 bits per heavy atom. The molecule has 0 aromatic rings. The van der Waals surface area contributed by atoms with E-state index >= 15 is 0 Å². The molecule has 0 aromatic heterocycles. The molecule has 3 N–H and O–H groups in total. The summed E-state index contributed by atoms with van der Waals surface area (Å²) in [5, 5.41) is -2.02. The zero-order valence-corrected chi connectivity index (χ0v) is 21.0. The van der Waals surface area contributed by atoms with Crippen molar-refractivity contribution in [2.24, 2.45) is 0 Å². The zero-order chi connectivity index (χ0) is 22.8. The van der Waals surface area contributed by atoms with Crippen molar-refractivity contribution in [2.45, 2.75) is 109 Å². The number of rotatable bonds is 17. The van der Waals surface area contributed by atoms with Crippen molar-refractivity contribution < 1.29 is 56.9 Å². The van der Waals surface area contributed by atoms with Crippen LogP contribution in [0.4, 0.5) is 0 Å². The fraction of sp³-hybridized carbons (Fsp3) is 0.944. The molecule has 0 saturated carbocycles. The van der Waals surface area contributed by atoms with Crippen molar-refractivity contribution in [3.05, 3.63) is 0 Å². The average Bonchev–Trinajstić information content (AvgIpc) is 2.65. The first kappa shape index (κ1) is 31.4. The van der Waals surface area contributed by atoms with E-state index in [-0.39, 0.29) is 12.8 Å². The van der Waals surface area contributed by atoms with E-state index in [9.17, 15) is 23.7 Å². The summed E-state index contributed by atoms with van der Waals surface area (Å²) in [6, 6.07) is 0. The third-order valence-corrected chi connectivity index (χ3v) is 7.05. The summed E-state index contributed by atoms with van der Waals surface area (Å²) in [5.74, 6) is -1.25. The standard InChI is InChI=1S/C18H36O7P2.O.Ti/c1-3-5-7-9-11-13-15-18(27(22,23)24,17(19)25-26(20)21)16-14-12-10-8-6-4-2;;/h3-16H2,1-2H3,(H2-,20,21,22,23,24);;/p+1. The van der Waals surface area contributed by atoms with Crippen LogP contribution in [0.5, 0.6) is 0 Å². The van der Waals surface area contributed by atoms with Gasteiger partial charge in [-0.1, -0.05) is 90.9 Å². The Morgan fingerprint density at radius 2 is 1.21 bits per heavy atom. The van der Waals surface area contributed by atoms with E-state index in [2.05, 4.69) is 18.4 Å². The molecule has 0 aromatic carbocycles. The first-order chi connectivity index (χ1) is 13.7. The summed E-state index contributed by atoms with van der Waals surface area (Å²) in [6.07, 6.45) is 10.8. The van der Waals surface area contributed by atoms with E-state index < -0.39 is 27.0 Å². The van der Waals surface area contributed by atoms with E-state index in [0.29, 0.717) is 12.8 Å². The monoisotopic (exact) mass is 491 g/mol. The van der Waals surface area contributed by atoms with Crippen molar-refractivity contribution in [2.75, 3.05) is 0 Å². The summed E-state index contributed by atoms with van der Waals surface area (Å²) in [7, 11) is -8.10. The minimum atomic E-state index is -4.86. The summed E-state index contributed by atoms with van der Waals surface area (Å²) < 4.78 is 35.8. The fourth-order valence-corrected chi connectivity index (χ4v) is 4.86. The van der Waals surface area contributed by atoms with Gasteiger partial charge >= 0.3 is 45.5 Å². The van der Waals surface area contributed by atoms with Crippen LogP contribution in [0.2, 0.25) is 0 Å². The predicted molar refractivity (Wildman–Crippen MR) is 107 cm³/mol. The summed E-state index contributed by atoms with van der Waals surface area (Å²) >= 11 is 0.750. The molecule has 0 rings (SSSR count). The Kier molecular flexibility index (Phi) is 20.5. The molecule has 8 nitrogen and oxygen atoms in total. The van der Waals surface area contributed by atoms with Gasteiger partial charge in [-0.2, -0.15) is 4.52 Å². The van der Waals surface area contributed by atoms with Gasteiger partial charge in [-0.05, 0) is 12.8 Å². The molecular formula is C18H37O8P2Ti+. The third kappa shape index (κ3) is 14.0. The number of carbonyl (C=O) groups is 1. The van der Waals surface area contributed by atoms with Gasteiger partial charge in [-0.25, -0.2) is 4.79 Å². The van der Waals surface area contributed by atoms with Crippen molar-refractivity contribution in [1.29, 1.82) is 0 Å². The second-order valence-corrected chi connectivity index (χ2v) is 9.83. The molecule has 1 unspecified atom stereocenters. The Balaban J connectivity index is 0. The molecule has 0 aliphatic heterocycles. The minimum absolute atomic E-state index is 0.0274. The van der Waals surface area contributed by atoms with Gasteiger partial charge in [-0.3, -0.25) is 4.57 Å². The summed E-state index contributed by atoms with van der Waals surface area (Å²) in [4.78, 5) is 41.2. The van der Waals surface area contributed by atoms with Crippen LogP contribution in [-0.4, -0.2) is 25.8 Å². The van der Waals surface area contributed by atoms with Gasteiger partial charge in [0.1, 0.15) is 0 Å². The van der Waals surface area contributed by atoms with E-state index in [1.807, 2.05) is 0 Å². The Hall–Kier alpha value is 0.194. The number of hydrogen-bond acceptors (Lipinski definition) is 5. The molecule has 29 heavy (non-hydrogen) atoms. The average molecular weight is 491 g/mol. The molecule has 0 fully saturated rings. The SMILES string of the molecule is CCCCCCCCC(CCCCCCCC)(C(=O)O[P+](=O)O)P(=O)(O)O.[O]=[Ti]. The van der Waals surface area contributed by atoms with Crippen molar-refractivity contribution in [3.63, 3.8) is 0 Å². The molecule has 170 valence electrons. The van der Waals surface area contributed by atoms with Crippen LogP contribution in [0.25, 0.3) is 0 Å². The third-order valence-electron chi connectivity index (χ3n) is 4.99. The maximum absolute atomic E-state index is 12.4. The number of unbranched alkanes of at least 4 members (excludes halogenated alkanes) is 10. The first-order valence-electron chi connectivity index (χ1n) is 10.4. The first-order valence-corrected chi connectivity index (χ1v) is 13.7. The van der Waals surface area contributed by atoms with Gasteiger partial charge in [0.2, 0.25) is 0 Å². The van der Waals surface area contributed by atoms with Gasteiger partial charge in [0.25, 0.3) is 0 Å². The second-order valence-electron chi connectivity index (χ2n) is 7.23. The van der Waals surface area contributed by atoms with Crippen LogP contribution in [0.1, 0.15) is 104 Å². The Morgan fingerprint density at radius 3 is 1.52 bits per heavy atom. The fourth-order valence-electron chi connectivity index (χ4n) is 3.29. The van der Waals surface area contributed by atoms with E-state index in [1.54, 1.807) is 0 Å². The van der Waals surface area contributed by atoms with Crippen molar-refractivity contribution in [3.8, 4) is 0 Å². The topological polar surface area (TPSA) is 138 Å². The number of hydrogen-bond donors (Lipinski definition) is 3. The normalized spacial score (nSPS) is 12.1. The van der Waals surface area contributed by atoms with Crippen LogP contribution in [0.15, 0.2) is 0 Å². The van der Waals surface area contributed by atoms with E-state index in [1.165, 1.54) is 0 Å². The quantitative estimate of drug-likeness (QED) is 0.138. The maximum atomic E-state index is 12.4. The molecule has 11 heteroatoms. The van der Waals surface area contributed by atoms with Crippen molar-refractivity contribution in [1.82, 2.24) is 0 Å². The van der Waals surface area contributed by atoms with Crippen LogP contribution in [0.3, 0.4) is 0 Å². The Labute approximate surface area is 187 Å². The molecule has 0 aliphatic carbocycles. The van der Waals surface area contributed by atoms with Crippen LogP contribution < -0.4 is 0 Å². The van der Waals surface area contributed by atoms with Crippen LogP contribution in [0, 0.1) is 0 Å². The van der Waals surface area contributed by atoms with Crippen LogP contribution in [-0.2, 0) is 42.2 Å². The van der Waals surface area contributed by atoms with Gasteiger partial charge in [0.05, 0.1) is 0 Å². The van der Waals surface area contributed by atoms with Crippen LogP contribution >= 0.6 is 15.9 Å². The molecule has 0 amide bonds. The van der Waals surface area contributed by atoms with E-state index in [0.717, 1.165) is 84.6 Å². The molecule has 0 radical (unpaired) electrons. The molecule has 0 saturated heterocycles.